The number of amides is 1. The lowest BCUT2D eigenvalue weighted by Gasteiger charge is -2.08. The number of hydrogen-bond acceptors (Lipinski definition) is 4. The number of carbonyl (C=O) groups excluding carboxylic acids is 1. The topological polar surface area (TPSA) is 77.2 Å². The molecule has 0 atom stereocenters. The zero-order valence-electron chi connectivity index (χ0n) is 10.4. The smallest absolute Gasteiger partial charge is 0.255 e. The van der Waals surface area contributed by atoms with Crippen LogP contribution in [-0.2, 0) is 11.3 Å². The van der Waals surface area contributed by atoms with Gasteiger partial charge in [0.05, 0.1) is 12.2 Å². The molecule has 0 spiro atoms. The van der Waals surface area contributed by atoms with E-state index in [4.69, 9.17) is 10.5 Å². The molecule has 0 fully saturated rings. The first-order valence-corrected chi connectivity index (χ1v) is 5.89. The fourth-order valence-corrected chi connectivity index (χ4v) is 1.55. The van der Waals surface area contributed by atoms with Gasteiger partial charge in [-0.2, -0.15) is 0 Å². The third kappa shape index (κ3) is 4.31. The lowest BCUT2D eigenvalue weighted by Crippen LogP contribution is -2.20. The Kier molecular flexibility index (Phi) is 4.34. The standard InChI is InChI=1S/C14H15N3O2/c15-14(18)10-19-13-6-3-5-11(8-13)17-9-12-4-1-2-7-16-12/h1-8,17H,9-10H2,(H2,15,18). The summed E-state index contributed by atoms with van der Waals surface area (Å²) in [5.74, 6) is 0.108. The fraction of sp³-hybridized carbons (Fsp3) is 0.143. The normalized spacial score (nSPS) is 9.89. The van der Waals surface area contributed by atoms with Gasteiger partial charge in [0.25, 0.3) is 5.91 Å². The van der Waals surface area contributed by atoms with Crippen molar-refractivity contribution < 1.29 is 9.53 Å². The van der Waals surface area contributed by atoms with E-state index in [2.05, 4.69) is 10.3 Å². The molecule has 2 aromatic rings. The van der Waals surface area contributed by atoms with Crippen LogP contribution in [0.1, 0.15) is 5.69 Å². The quantitative estimate of drug-likeness (QED) is 0.823. The predicted octanol–water partition coefficient (Wildman–Crippen LogP) is 1.56. The molecule has 2 rings (SSSR count). The summed E-state index contributed by atoms with van der Waals surface area (Å²) in [6, 6.07) is 13.1. The summed E-state index contributed by atoms with van der Waals surface area (Å²) in [6.07, 6.45) is 1.75. The Morgan fingerprint density at radius 3 is 2.89 bits per heavy atom. The summed E-state index contributed by atoms with van der Waals surface area (Å²) in [4.78, 5) is 14.9. The van der Waals surface area contributed by atoms with Crippen LogP contribution in [0.5, 0.6) is 5.75 Å². The highest BCUT2D eigenvalue weighted by atomic mass is 16.5. The first-order chi connectivity index (χ1) is 9.24. The molecule has 0 saturated heterocycles. The van der Waals surface area contributed by atoms with E-state index in [1.807, 2.05) is 36.4 Å². The average molecular weight is 257 g/mol. The molecule has 19 heavy (non-hydrogen) atoms. The van der Waals surface area contributed by atoms with Crippen molar-refractivity contribution in [2.75, 3.05) is 11.9 Å². The molecule has 1 aromatic heterocycles. The van der Waals surface area contributed by atoms with Crippen LogP contribution in [0.2, 0.25) is 0 Å². The molecule has 1 heterocycles. The maximum absolute atomic E-state index is 10.6. The van der Waals surface area contributed by atoms with E-state index in [-0.39, 0.29) is 6.61 Å². The minimum atomic E-state index is -0.494. The lowest BCUT2D eigenvalue weighted by atomic mass is 10.3. The summed E-state index contributed by atoms with van der Waals surface area (Å²) in [7, 11) is 0. The van der Waals surface area contributed by atoms with Gasteiger partial charge < -0.3 is 15.8 Å². The Labute approximate surface area is 111 Å². The number of ether oxygens (including phenoxy) is 1. The molecule has 1 amide bonds. The average Bonchev–Trinajstić information content (AvgIpc) is 2.44. The lowest BCUT2D eigenvalue weighted by molar-refractivity contribution is -0.119. The van der Waals surface area contributed by atoms with Crippen molar-refractivity contribution in [1.82, 2.24) is 4.98 Å². The van der Waals surface area contributed by atoms with Crippen LogP contribution in [0.15, 0.2) is 48.7 Å². The van der Waals surface area contributed by atoms with Gasteiger partial charge in [-0.1, -0.05) is 12.1 Å². The first kappa shape index (κ1) is 12.9. The van der Waals surface area contributed by atoms with Crippen molar-refractivity contribution in [3.8, 4) is 5.75 Å². The second-order valence-electron chi connectivity index (χ2n) is 3.96. The van der Waals surface area contributed by atoms with E-state index in [0.717, 1.165) is 11.4 Å². The number of anilines is 1. The Hall–Kier alpha value is -2.56. The zero-order valence-corrected chi connectivity index (χ0v) is 10.4. The Morgan fingerprint density at radius 1 is 1.26 bits per heavy atom. The van der Waals surface area contributed by atoms with Gasteiger partial charge in [-0.05, 0) is 24.3 Å². The summed E-state index contributed by atoms with van der Waals surface area (Å²) in [5, 5.41) is 3.23. The van der Waals surface area contributed by atoms with Crippen LogP contribution in [0.4, 0.5) is 5.69 Å². The Morgan fingerprint density at radius 2 is 2.16 bits per heavy atom. The van der Waals surface area contributed by atoms with Crippen molar-refractivity contribution in [1.29, 1.82) is 0 Å². The highest BCUT2D eigenvalue weighted by Crippen LogP contribution is 2.17. The Bertz CT molecular complexity index is 543. The summed E-state index contributed by atoms with van der Waals surface area (Å²) in [5.41, 5.74) is 6.87. The molecule has 5 heteroatoms. The number of rotatable bonds is 6. The van der Waals surface area contributed by atoms with E-state index < -0.39 is 5.91 Å². The van der Waals surface area contributed by atoms with Crippen LogP contribution in [0.3, 0.4) is 0 Å². The van der Waals surface area contributed by atoms with Crippen LogP contribution in [-0.4, -0.2) is 17.5 Å². The molecular formula is C14H15N3O2. The van der Waals surface area contributed by atoms with Crippen LogP contribution in [0.25, 0.3) is 0 Å². The van der Waals surface area contributed by atoms with Gasteiger partial charge in [-0.3, -0.25) is 9.78 Å². The van der Waals surface area contributed by atoms with Crippen molar-refractivity contribution >= 4 is 11.6 Å². The van der Waals surface area contributed by atoms with Gasteiger partial charge in [-0.25, -0.2) is 0 Å². The van der Waals surface area contributed by atoms with Crippen molar-refractivity contribution in [2.24, 2.45) is 5.73 Å². The molecule has 0 aliphatic heterocycles. The molecule has 5 nitrogen and oxygen atoms in total. The minimum Gasteiger partial charge on any atom is -0.484 e. The fourth-order valence-electron chi connectivity index (χ4n) is 1.55. The SMILES string of the molecule is NC(=O)COc1cccc(NCc2ccccn2)c1. The largest absolute Gasteiger partial charge is 0.484 e. The molecule has 0 aliphatic carbocycles. The highest BCUT2D eigenvalue weighted by Gasteiger charge is 1.99. The summed E-state index contributed by atoms with van der Waals surface area (Å²) in [6.45, 7) is 0.504. The number of aromatic nitrogens is 1. The van der Waals surface area contributed by atoms with E-state index in [1.54, 1.807) is 12.3 Å². The van der Waals surface area contributed by atoms with Gasteiger partial charge in [-0.15, -0.1) is 0 Å². The molecule has 3 N–H and O–H groups in total. The second kappa shape index (κ2) is 6.39. The maximum Gasteiger partial charge on any atom is 0.255 e. The first-order valence-electron chi connectivity index (χ1n) is 5.89. The molecule has 1 aromatic carbocycles. The van der Waals surface area contributed by atoms with Gasteiger partial charge in [0, 0.05) is 18.0 Å². The van der Waals surface area contributed by atoms with Gasteiger partial charge in [0.2, 0.25) is 0 Å². The molecule has 98 valence electrons. The van der Waals surface area contributed by atoms with E-state index in [1.165, 1.54) is 0 Å². The molecule has 0 bridgehead atoms. The van der Waals surface area contributed by atoms with Crippen molar-refractivity contribution in [3.05, 3.63) is 54.4 Å². The van der Waals surface area contributed by atoms with Gasteiger partial charge in [0.15, 0.2) is 6.61 Å². The van der Waals surface area contributed by atoms with Crippen LogP contribution < -0.4 is 15.8 Å². The van der Waals surface area contributed by atoms with Gasteiger partial charge >= 0.3 is 0 Å². The summed E-state index contributed by atoms with van der Waals surface area (Å²) >= 11 is 0. The monoisotopic (exact) mass is 257 g/mol. The maximum atomic E-state index is 10.6. The highest BCUT2D eigenvalue weighted by molar-refractivity contribution is 5.75. The third-order valence-electron chi connectivity index (χ3n) is 2.41. The number of nitrogens with two attached hydrogens (primary N) is 1. The molecule has 0 unspecified atom stereocenters. The number of pyridine rings is 1. The number of carbonyl (C=O) groups is 1. The Balaban J connectivity index is 1.93. The molecule has 0 aliphatic rings. The zero-order chi connectivity index (χ0) is 13.5. The second-order valence-corrected chi connectivity index (χ2v) is 3.96. The molecule has 0 saturated carbocycles. The van der Waals surface area contributed by atoms with E-state index in [9.17, 15) is 4.79 Å². The number of primary amides is 1. The molecule has 0 radical (unpaired) electrons. The van der Waals surface area contributed by atoms with Crippen LogP contribution >= 0.6 is 0 Å². The predicted molar refractivity (Wildman–Crippen MR) is 72.7 cm³/mol. The number of hydrogen-bond donors (Lipinski definition) is 2. The van der Waals surface area contributed by atoms with E-state index >= 15 is 0 Å². The number of nitrogens with one attached hydrogen (secondary N) is 1. The van der Waals surface area contributed by atoms with Gasteiger partial charge in [0.1, 0.15) is 5.75 Å². The summed E-state index contributed by atoms with van der Waals surface area (Å²) < 4.78 is 5.23. The third-order valence-corrected chi connectivity index (χ3v) is 2.41. The van der Waals surface area contributed by atoms with Crippen LogP contribution in [0, 0.1) is 0 Å². The minimum absolute atomic E-state index is 0.121. The van der Waals surface area contributed by atoms with E-state index in [0.29, 0.717) is 12.3 Å². The number of nitrogens with zero attached hydrogens (tertiary/aromatic N) is 1. The number of benzene rings is 1. The van der Waals surface area contributed by atoms with Crippen molar-refractivity contribution in [2.45, 2.75) is 6.54 Å². The molecular weight excluding hydrogens is 242 g/mol. The van der Waals surface area contributed by atoms with Crippen molar-refractivity contribution in [3.63, 3.8) is 0 Å².